The van der Waals surface area contributed by atoms with Crippen LogP contribution in [0.5, 0.6) is 0 Å². The number of nitrogens with zero attached hydrogens (tertiary/aromatic N) is 4. The number of para-hydroxylation sites is 1. The molecule has 5 aromatic rings. The highest BCUT2D eigenvalue weighted by molar-refractivity contribution is 7.90. The number of hydrogen-bond acceptors (Lipinski definition) is 8. The van der Waals surface area contributed by atoms with Crippen molar-refractivity contribution in [1.29, 1.82) is 0 Å². The van der Waals surface area contributed by atoms with E-state index in [9.17, 15) is 17.6 Å². The van der Waals surface area contributed by atoms with E-state index < -0.39 is 15.8 Å². The molecule has 3 heterocycles. The van der Waals surface area contributed by atoms with E-state index in [1.807, 2.05) is 45.9 Å². The average molecular weight is 576 g/mol. The number of carbonyl (C=O) groups excluding carboxylic acids is 1. The summed E-state index contributed by atoms with van der Waals surface area (Å²) in [6, 6.07) is 14.6. The zero-order chi connectivity index (χ0) is 29.5. The molecule has 0 aliphatic heterocycles. The Morgan fingerprint density at radius 3 is 2.46 bits per heavy atom. The minimum atomic E-state index is -4.08. The van der Waals surface area contributed by atoms with Gasteiger partial charge < -0.3 is 10.1 Å². The topological polar surface area (TPSA) is 116 Å². The highest BCUT2D eigenvalue weighted by Crippen LogP contribution is 2.34. The van der Waals surface area contributed by atoms with Crippen LogP contribution in [0.15, 0.2) is 71.9 Å². The molecule has 0 aliphatic rings. The summed E-state index contributed by atoms with van der Waals surface area (Å²) in [5, 5.41) is 4.34. The maximum Gasteiger partial charge on any atom is 0.307 e. The van der Waals surface area contributed by atoms with Crippen LogP contribution in [-0.2, 0) is 19.6 Å². The van der Waals surface area contributed by atoms with Crippen molar-refractivity contribution in [3.05, 3.63) is 78.4 Å². The van der Waals surface area contributed by atoms with Crippen LogP contribution in [0.25, 0.3) is 33.3 Å². The largest absolute Gasteiger partial charge is 0.469 e. The van der Waals surface area contributed by atoms with Gasteiger partial charge in [-0.15, -0.1) is 0 Å². The second-order valence-electron chi connectivity index (χ2n) is 10.9. The average Bonchev–Trinajstić information content (AvgIpc) is 3.31. The Morgan fingerprint density at radius 2 is 1.78 bits per heavy atom. The molecule has 1 atom stereocenters. The summed E-state index contributed by atoms with van der Waals surface area (Å²) in [7, 11) is -2.74. The van der Waals surface area contributed by atoms with Crippen LogP contribution in [-0.4, -0.2) is 46.5 Å². The number of rotatable bonds is 7. The predicted octanol–water partition coefficient (Wildman–Crippen LogP) is 5.72. The molecule has 212 valence electrons. The minimum Gasteiger partial charge on any atom is -0.469 e. The first kappa shape index (κ1) is 28.2. The zero-order valence-electron chi connectivity index (χ0n) is 23.3. The van der Waals surface area contributed by atoms with Crippen molar-refractivity contribution in [2.45, 2.75) is 45.1 Å². The number of hydrogen-bond donors (Lipinski definition) is 1. The van der Waals surface area contributed by atoms with Gasteiger partial charge in [0.15, 0.2) is 11.5 Å². The van der Waals surface area contributed by atoms with Crippen molar-refractivity contribution in [3.8, 4) is 11.4 Å². The number of fused-ring (bicyclic) bond motifs is 2. The Balaban J connectivity index is 1.72. The van der Waals surface area contributed by atoms with Crippen LogP contribution < -0.4 is 5.32 Å². The second-order valence-corrected chi connectivity index (χ2v) is 12.8. The molecule has 0 saturated carbocycles. The summed E-state index contributed by atoms with van der Waals surface area (Å²) in [6.07, 6.45) is 2.44. The first-order valence-electron chi connectivity index (χ1n) is 13.0. The monoisotopic (exact) mass is 575 g/mol. The highest BCUT2D eigenvalue weighted by atomic mass is 32.2. The first-order valence-corrected chi connectivity index (χ1v) is 14.4. The molecule has 0 amide bonds. The third-order valence-electron chi connectivity index (χ3n) is 6.96. The Morgan fingerprint density at radius 1 is 1.07 bits per heavy atom. The van der Waals surface area contributed by atoms with Crippen LogP contribution in [0.1, 0.15) is 32.8 Å². The van der Waals surface area contributed by atoms with Crippen molar-refractivity contribution in [2.24, 2.45) is 5.41 Å². The SMILES string of the molecule is COC(=O)CC(Nc1nc(-c2cn(S(=O)(=O)c3ccc(C)cc3)c3ncc(F)cc23)nc2ccccc12)C(C)(C)C. The first-order chi connectivity index (χ1) is 19.4. The van der Waals surface area contributed by atoms with Gasteiger partial charge in [-0.3, -0.25) is 4.79 Å². The van der Waals surface area contributed by atoms with Crippen molar-refractivity contribution >= 4 is 43.7 Å². The quantitative estimate of drug-likeness (QED) is 0.245. The lowest BCUT2D eigenvalue weighted by Crippen LogP contribution is -2.36. The molecule has 0 spiro atoms. The van der Waals surface area contributed by atoms with E-state index >= 15 is 0 Å². The molecule has 3 aromatic heterocycles. The van der Waals surface area contributed by atoms with Gasteiger partial charge >= 0.3 is 5.97 Å². The lowest BCUT2D eigenvalue weighted by molar-refractivity contribution is -0.141. The fourth-order valence-corrected chi connectivity index (χ4v) is 5.86. The standard InChI is InChI=1S/C30H30FN5O4S/c1-18-10-12-20(13-11-18)41(38,39)36-17-23(22-14-19(31)16-32-29(22)36)28-33-24-9-7-6-8-21(24)27(35-28)34-25(30(2,3)4)15-26(37)40-5/h6-14,16-17,25H,15H2,1-5H3,(H,33,34,35). The molecular formula is C30H30FN5O4S. The fourth-order valence-electron chi connectivity index (χ4n) is 4.53. The summed E-state index contributed by atoms with van der Waals surface area (Å²) in [5.74, 6) is -0.385. The van der Waals surface area contributed by atoms with E-state index in [2.05, 4.69) is 10.3 Å². The van der Waals surface area contributed by atoms with Gasteiger partial charge in [0.05, 0.1) is 30.1 Å². The number of carbonyl (C=O) groups is 1. The minimum absolute atomic E-state index is 0.0477. The second kappa shape index (κ2) is 10.5. The Kier molecular flexibility index (Phi) is 7.24. The lowest BCUT2D eigenvalue weighted by atomic mass is 9.84. The number of aromatic nitrogens is 4. The predicted molar refractivity (Wildman–Crippen MR) is 155 cm³/mol. The highest BCUT2D eigenvalue weighted by Gasteiger charge is 2.29. The van der Waals surface area contributed by atoms with Gasteiger partial charge in [0, 0.05) is 28.6 Å². The lowest BCUT2D eigenvalue weighted by Gasteiger charge is -2.31. The van der Waals surface area contributed by atoms with Gasteiger partial charge in [-0.25, -0.2) is 31.7 Å². The van der Waals surface area contributed by atoms with E-state index in [4.69, 9.17) is 14.7 Å². The molecular weight excluding hydrogens is 545 g/mol. The molecule has 0 radical (unpaired) electrons. The van der Waals surface area contributed by atoms with Gasteiger partial charge in [0.25, 0.3) is 10.0 Å². The van der Waals surface area contributed by atoms with Gasteiger partial charge in [-0.05, 0) is 42.7 Å². The number of benzene rings is 2. The van der Waals surface area contributed by atoms with Crippen LogP contribution in [0.4, 0.5) is 10.2 Å². The zero-order valence-corrected chi connectivity index (χ0v) is 24.2. The Hall–Kier alpha value is -4.38. The molecule has 0 fully saturated rings. The van der Waals surface area contributed by atoms with Crippen LogP contribution in [0.2, 0.25) is 0 Å². The third kappa shape index (κ3) is 5.49. The van der Waals surface area contributed by atoms with E-state index in [1.54, 1.807) is 18.2 Å². The van der Waals surface area contributed by atoms with E-state index in [0.717, 1.165) is 15.7 Å². The summed E-state index contributed by atoms with van der Waals surface area (Å²) >= 11 is 0. The van der Waals surface area contributed by atoms with Crippen LogP contribution >= 0.6 is 0 Å². The molecule has 41 heavy (non-hydrogen) atoms. The van der Waals surface area contributed by atoms with Crippen LogP contribution in [0, 0.1) is 18.2 Å². The number of anilines is 1. The molecule has 1 unspecified atom stereocenters. The number of pyridine rings is 1. The third-order valence-corrected chi connectivity index (χ3v) is 8.62. The van der Waals surface area contributed by atoms with E-state index in [0.29, 0.717) is 16.7 Å². The summed E-state index contributed by atoms with van der Waals surface area (Å²) in [5.41, 5.74) is 1.47. The molecule has 5 rings (SSSR count). The van der Waals surface area contributed by atoms with Crippen LogP contribution in [0.3, 0.4) is 0 Å². The molecule has 11 heteroatoms. The van der Waals surface area contributed by atoms with Gasteiger partial charge in [-0.1, -0.05) is 50.6 Å². The normalized spacial score (nSPS) is 12.9. The van der Waals surface area contributed by atoms with Crippen molar-refractivity contribution in [1.82, 2.24) is 18.9 Å². The molecule has 9 nitrogen and oxygen atoms in total. The van der Waals surface area contributed by atoms with E-state index in [1.165, 1.54) is 31.5 Å². The summed E-state index contributed by atoms with van der Waals surface area (Å²) in [6.45, 7) is 7.85. The Bertz CT molecular complexity index is 1880. The van der Waals surface area contributed by atoms with Gasteiger partial charge in [0.2, 0.25) is 0 Å². The molecule has 1 N–H and O–H groups in total. The maximum absolute atomic E-state index is 14.5. The number of methoxy groups -OCH3 is 1. The number of nitrogens with one attached hydrogen (secondary N) is 1. The van der Waals surface area contributed by atoms with Crippen molar-refractivity contribution < 1.29 is 22.3 Å². The maximum atomic E-state index is 14.5. The number of esters is 1. The van der Waals surface area contributed by atoms with Crippen molar-refractivity contribution in [3.63, 3.8) is 0 Å². The summed E-state index contributed by atoms with van der Waals surface area (Å²) in [4.78, 5) is 25.9. The number of halogens is 1. The van der Waals surface area contributed by atoms with E-state index in [-0.39, 0.29) is 51.2 Å². The number of aryl methyl sites for hydroxylation is 1. The smallest absolute Gasteiger partial charge is 0.307 e. The molecule has 0 aliphatic carbocycles. The summed E-state index contributed by atoms with van der Waals surface area (Å²) < 4.78 is 47.8. The fraction of sp³-hybridized carbons (Fsp3) is 0.267. The molecule has 2 aromatic carbocycles. The van der Waals surface area contributed by atoms with Gasteiger partial charge in [0.1, 0.15) is 11.6 Å². The molecule has 0 bridgehead atoms. The van der Waals surface area contributed by atoms with Gasteiger partial charge in [-0.2, -0.15) is 0 Å². The van der Waals surface area contributed by atoms with Crippen molar-refractivity contribution in [2.75, 3.05) is 12.4 Å². The molecule has 0 saturated heterocycles. The number of ether oxygens (including phenoxy) is 1. The Labute approximate surface area is 237 Å².